The van der Waals surface area contributed by atoms with Gasteiger partial charge in [-0.1, -0.05) is 0 Å². The van der Waals surface area contributed by atoms with Crippen LogP contribution in [0.15, 0.2) is 12.3 Å². The number of amides is 1. The van der Waals surface area contributed by atoms with Gasteiger partial charge < -0.3 is 10.0 Å². The number of rotatable bonds is 3. The molecule has 110 valence electrons. The van der Waals surface area contributed by atoms with Crippen LogP contribution in [0.4, 0.5) is 0 Å². The normalized spacial score (nSPS) is 19.3. The number of carbonyl (C=O) groups is 2. The summed E-state index contributed by atoms with van der Waals surface area (Å²) in [5.41, 5.74) is 0.0261. The predicted molar refractivity (Wildman–Crippen MR) is 69.5 cm³/mol. The van der Waals surface area contributed by atoms with Gasteiger partial charge in [-0.2, -0.15) is 8.42 Å². The van der Waals surface area contributed by atoms with Crippen LogP contribution < -0.4 is 5.14 Å². The van der Waals surface area contributed by atoms with Crippen LogP contribution in [0, 0.1) is 0 Å². The third-order valence-corrected chi connectivity index (χ3v) is 4.29. The van der Waals surface area contributed by atoms with Crippen LogP contribution >= 0.6 is 0 Å². The molecule has 1 aromatic rings. The second kappa shape index (κ2) is 4.91. The second-order valence-electron chi connectivity index (χ2n) is 4.72. The fraction of sp³-hybridized carbons (Fsp3) is 0.455. The van der Waals surface area contributed by atoms with Crippen LogP contribution in [-0.4, -0.2) is 47.4 Å². The summed E-state index contributed by atoms with van der Waals surface area (Å²) in [6.07, 6.45) is 1.72. The highest BCUT2D eigenvalue weighted by Gasteiger charge is 2.31. The molecule has 0 aliphatic carbocycles. The molecule has 1 unspecified atom stereocenters. The van der Waals surface area contributed by atoms with E-state index < -0.39 is 16.2 Å². The van der Waals surface area contributed by atoms with E-state index in [1.165, 1.54) is 13.0 Å². The van der Waals surface area contributed by atoms with Gasteiger partial charge in [-0.05, 0) is 18.1 Å². The third kappa shape index (κ3) is 2.54. The van der Waals surface area contributed by atoms with E-state index in [-0.39, 0.29) is 17.5 Å². The molecule has 2 rings (SSSR count). The average molecular weight is 301 g/mol. The zero-order valence-electron chi connectivity index (χ0n) is 10.8. The standard InChI is InChI=1S/C11H15N3O5S/c1-7(15)13-4-2-8(6-13)9-3-5-14(20(12,18)19)10(9)11(16)17/h3,5,8H,2,4,6H2,1H3,(H,16,17)(H2,12,18,19). The minimum atomic E-state index is -4.16. The van der Waals surface area contributed by atoms with Gasteiger partial charge in [0.2, 0.25) is 5.91 Å². The summed E-state index contributed by atoms with van der Waals surface area (Å²) >= 11 is 0. The van der Waals surface area contributed by atoms with Gasteiger partial charge in [0.15, 0.2) is 0 Å². The fourth-order valence-corrected chi connectivity index (χ4v) is 3.16. The quantitative estimate of drug-likeness (QED) is 0.784. The second-order valence-corrected chi connectivity index (χ2v) is 6.14. The number of nitrogens with two attached hydrogens (primary N) is 1. The molecule has 8 nitrogen and oxygen atoms in total. The lowest BCUT2D eigenvalue weighted by atomic mass is 9.98. The summed E-state index contributed by atoms with van der Waals surface area (Å²) in [5.74, 6) is -1.65. The lowest BCUT2D eigenvalue weighted by molar-refractivity contribution is -0.127. The molecule has 1 saturated heterocycles. The molecule has 9 heteroatoms. The molecule has 0 aromatic carbocycles. The van der Waals surface area contributed by atoms with Crippen molar-refractivity contribution in [3.05, 3.63) is 23.5 Å². The lowest BCUT2D eigenvalue weighted by Gasteiger charge is -2.14. The average Bonchev–Trinajstić information content (AvgIpc) is 2.94. The van der Waals surface area contributed by atoms with Gasteiger partial charge >= 0.3 is 16.2 Å². The first kappa shape index (κ1) is 14.5. The summed E-state index contributed by atoms with van der Waals surface area (Å²) in [6.45, 7) is 2.35. The molecule has 0 saturated carbocycles. The van der Waals surface area contributed by atoms with Crippen molar-refractivity contribution in [1.29, 1.82) is 0 Å². The first-order valence-electron chi connectivity index (χ1n) is 5.95. The van der Waals surface area contributed by atoms with E-state index in [0.717, 1.165) is 6.20 Å². The highest BCUT2D eigenvalue weighted by molar-refractivity contribution is 7.87. The number of carboxylic acids is 1. The molecule has 1 atom stereocenters. The van der Waals surface area contributed by atoms with Crippen LogP contribution in [0.25, 0.3) is 0 Å². The van der Waals surface area contributed by atoms with Gasteiger partial charge in [0.05, 0.1) is 0 Å². The number of carboxylic acid groups (broad SMARTS) is 1. The summed E-state index contributed by atoms with van der Waals surface area (Å²) in [6, 6.07) is 1.43. The minimum Gasteiger partial charge on any atom is -0.477 e. The topological polar surface area (TPSA) is 123 Å². The van der Waals surface area contributed by atoms with Gasteiger partial charge in [-0.3, -0.25) is 4.79 Å². The lowest BCUT2D eigenvalue weighted by Crippen LogP contribution is -2.27. The molecule has 20 heavy (non-hydrogen) atoms. The van der Waals surface area contributed by atoms with E-state index in [2.05, 4.69) is 0 Å². The van der Waals surface area contributed by atoms with Crippen molar-refractivity contribution in [2.24, 2.45) is 5.14 Å². The van der Waals surface area contributed by atoms with Crippen LogP contribution in [-0.2, 0) is 15.0 Å². The maximum absolute atomic E-state index is 11.4. The van der Waals surface area contributed by atoms with Gasteiger partial charge in [0.1, 0.15) is 5.69 Å². The first-order chi connectivity index (χ1) is 9.21. The Hall–Kier alpha value is -1.87. The van der Waals surface area contributed by atoms with Gasteiger partial charge in [-0.15, -0.1) is 0 Å². The van der Waals surface area contributed by atoms with E-state index in [1.54, 1.807) is 4.90 Å². The molecule has 0 spiro atoms. The number of aromatic carboxylic acids is 1. The van der Waals surface area contributed by atoms with Crippen molar-refractivity contribution in [1.82, 2.24) is 8.87 Å². The van der Waals surface area contributed by atoms with Crippen molar-refractivity contribution >= 4 is 22.1 Å². The first-order valence-corrected chi connectivity index (χ1v) is 7.45. The molecule has 1 aliphatic rings. The Labute approximate surface area is 116 Å². The zero-order valence-corrected chi connectivity index (χ0v) is 11.6. The van der Waals surface area contributed by atoms with Crippen molar-refractivity contribution in [2.75, 3.05) is 13.1 Å². The Morgan fingerprint density at radius 2 is 2.10 bits per heavy atom. The number of carbonyl (C=O) groups excluding carboxylic acids is 1. The summed E-state index contributed by atoms with van der Waals surface area (Å²) in [4.78, 5) is 24.2. The van der Waals surface area contributed by atoms with Crippen molar-refractivity contribution in [3.63, 3.8) is 0 Å². The predicted octanol–water partition coefficient (Wildman–Crippen LogP) is -0.426. The Morgan fingerprint density at radius 1 is 1.45 bits per heavy atom. The Balaban J connectivity index is 2.42. The number of aromatic nitrogens is 1. The van der Waals surface area contributed by atoms with Crippen LogP contribution in [0.2, 0.25) is 0 Å². The summed E-state index contributed by atoms with van der Waals surface area (Å²) in [7, 11) is -4.16. The number of nitrogens with zero attached hydrogens (tertiary/aromatic N) is 2. The molecule has 1 fully saturated rings. The van der Waals surface area contributed by atoms with E-state index in [1.807, 2.05) is 0 Å². The Bertz CT molecular complexity index is 664. The smallest absolute Gasteiger partial charge is 0.353 e. The molecule has 0 bridgehead atoms. The highest BCUT2D eigenvalue weighted by Crippen LogP contribution is 2.30. The zero-order chi connectivity index (χ0) is 15.1. The van der Waals surface area contributed by atoms with Crippen LogP contribution in [0.3, 0.4) is 0 Å². The molecule has 1 amide bonds. The number of hydrogen-bond acceptors (Lipinski definition) is 4. The van der Waals surface area contributed by atoms with E-state index >= 15 is 0 Å². The van der Waals surface area contributed by atoms with Crippen LogP contribution in [0.5, 0.6) is 0 Å². The van der Waals surface area contributed by atoms with E-state index in [4.69, 9.17) is 5.14 Å². The van der Waals surface area contributed by atoms with Crippen LogP contribution in [0.1, 0.15) is 35.3 Å². The Morgan fingerprint density at radius 3 is 2.55 bits per heavy atom. The Kier molecular flexibility index (Phi) is 3.57. The van der Waals surface area contributed by atoms with Gasteiger partial charge in [-0.25, -0.2) is 13.9 Å². The molecular formula is C11H15N3O5S. The SMILES string of the molecule is CC(=O)N1CCC(c2ccn(S(N)(=O)=O)c2C(=O)O)C1. The molecule has 1 aliphatic heterocycles. The fourth-order valence-electron chi connectivity index (χ4n) is 2.49. The van der Waals surface area contributed by atoms with Crippen molar-refractivity contribution in [3.8, 4) is 0 Å². The molecule has 3 N–H and O–H groups in total. The third-order valence-electron chi connectivity index (χ3n) is 3.43. The van der Waals surface area contributed by atoms with E-state index in [9.17, 15) is 23.1 Å². The monoisotopic (exact) mass is 301 g/mol. The maximum Gasteiger partial charge on any atom is 0.353 e. The number of likely N-dealkylation sites (tertiary alicyclic amines) is 1. The van der Waals surface area contributed by atoms with Gasteiger partial charge in [0, 0.05) is 32.1 Å². The van der Waals surface area contributed by atoms with Crippen molar-refractivity contribution < 1.29 is 23.1 Å². The largest absolute Gasteiger partial charge is 0.477 e. The van der Waals surface area contributed by atoms with Gasteiger partial charge in [0.25, 0.3) is 0 Å². The molecule has 0 radical (unpaired) electrons. The number of hydrogen-bond donors (Lipinski definition) is 2. The summed E-state index contributed by atoms with van der Waals surface area (Å²) < 4.78 is 23.3. The highest BCUT2D eigenvalue weighted by atomic mass is 32.2. The molecule has 2 heterocycles. The van der Waals surface area contributed by atoms with E-state index in [0.29, 0.717) is 29.0 Å². The minimum absolute atomic E-state index is 0.0877. The molecule has 1 aromatic heterocycles. The maximum atomic E-state index is 11.4. The molecular weight excluding hydrogens is 286 g/mol. The summed E-state index contributed by atoms with van der Waals surface area (Å²) in [5, 5.41) is 14.2. The van der Waals surface area contributed by atoms with Crippen molar-refractivity contribution in [2.45, 2.75) is 19.3 Å².